The van der Waals surface area contributed by atoms with E-state index in [9.17, 15) is 5.11 Å². The normalized spacial score (nSPS) is 14.8. The van der Waals surface area contributed by atoms with Crippen molar-refractivity contribution in [3.8, 4) is 6.07 Å². The van der Waals surface area contributed by atoms with Gasteiger partial charge in [-0.25, -0.2) is 0 Å². The zero-order chi connectivity index (χ0) is 9.03. The van der Waals surface area contributed by atoms with Crippen molar-refractivity contribution < 1.29 is 10.2 Å². The van der Waals surface area contributed by atoms with Gasteiger partial charge in [-0.05, 0) is 0 Å². The van der Waals surface area contributed by atoms with E-state index >= 15 is 0 Å². The van der Waals surface area contributed by atoms with E-state index in [0.29, 0.717) is 5.56 Å². The van der Waals surface area contributed by atoms with E-state index in [1.54, 1.807) is 36.4 Å². The quantitative estimate of drug-likeness (QED) is 0.620. The molecule has 0 aliphatic carbocycles. The molecule has 62 valence electrons. The van der Waals surface area contributed by atoms with Crippen LogP contribution >= 0.6 is 0 Å². The van der Waals surface area contributed by atoms with E-state index in [2.05, 4.69) is 0 Å². The van der Waals surface area contributed by atoms with Crippen molar-refractivity contribution in [3.63, 3.8) is 0 Å². The Bertz CT molecular complexity index is 291. The highest BCUT2D eigenvalue weighted by Gasteiger charge is 2.27. The van der Waals surface area contributed by atoms with Gasteiger partial charge < -0.3 is 10.2 Å². The lowest BCUT2D eigenvalue weighted by atomic mass is 9.97. The average Bonchev–Trinajstić information content (AvgIpc) is 2.18. The van der Waals surface area contributed by atoms with Crippen LogP contribution < -0.4 is 0 Å². The molecule has 0 aromatic heterocycles. The minimum atomic E-state index is -1.76. The van der Waals surface area contributed by atoms with E-state index in [1.165, 1.54) is 0 Å². The predicted molar refractivity (Wildman–Crippen MR) is 43.0 cm³/mol. The van der Waals surface area contributed by atoms with Crippen molar-refractivity contribution in [3.05, 3.63) is 35.9 Å². The molecule has 0 saturated carbocycles. The molecule has 0 aliphatic rings. The third kappa shape index (κ3) is 1.45. The fraction of sp³-hybridized carbons (Fsp3) is 0.222. The second-order valence-electron chi connectivity index (χ2n) is 2.50. The fourth-order valence-electron chi connectivity index (χ4n) is 0.905. The first kappa shape index (κ1) is 8.72. The molecule has 0 amide bonds. The molecule has 3 heteroatoms. The topological polar surface area (TPSA) is 64.2 Å². The van der Waals surface area contributed by atoms with Crippen LogP contribution in [0.25, 0.3) is 0 Å². The molecule has 1 aromatic rings. The van der Waals surface area contributed by atoms with Gasteiger partial charge in [-0.3, -0.25) is 0 Å². The van der Waals surface area contributed by atoms with Crippen LogP contribution in [-0.4, -0.2) is 16.8 Å². The maximum atomic E-state index is 9.49. The van der Waals surface area contributed by atoms with E-state index in [-0.39, 0.29) is 0 Å². The first-order valence-corrected chi connectivity index (χ1v) is 3.53. The van der Waals surface area contributed by atoms with Gasteiger partial charge in [0.05, 0.1) is 6.61 Å². The Kier molecular flexibility index (Phi) is 2.44. The summed E-state index contributed by atoms with van der Waals surface area (Å²) in [7, 11) is 0. The number of hydrogen-bond donors (Lipinski definition) is 2. The van der Waals surface area contributed by atoms with Crippen LogP contribution in [0.3, 0.4) is 0 Å². The van der Waals surface area contributed by atoms with Crippen molar-refractivity contribution in [1.29, 1.82) is 5.26 Å². The number of nitrogens with zero attached hydrogens (tertiary/aromatic N) is 1. The Morgan fingerprint density at radius 1 is 1.33 bits per heavy atom. The zero-order valence-corrected chi connectivity index (χ0v) is 6.44. The Labute approximate surface area is 70.5 Å². The molecular formula is C9H9NO2. The molecular weight excluding hydrogens is 154 g/mol. The van der Waals surface area contributed by atoms with Gasteiger partial charge in [0, 0.05) is 5.56 Å². The number of hydrogen-bond acceptors (Lipinski definition) is 3. The van der Waals surface area contributed by atoms with Crippen molar-refractivity contribution >= 4 is 0 Å². The van der Waals surface area contributed by atoms with Crippen molar-refractivity contribution in [1.82, 2.24) is 0 Å². The van der Waals surface area contributed by atoms with Crippen molar-refractivity contribution in [2.75, 3.05) is 6.61 Å². The van der Waals surface area contributed by atoms with E-state index in [1.807, 2.05) is 0 Å². The SMILES string of the molecule is N#CC(O)(CO)c1ccccc1. The third-order valence-electron chi connectivity index (χ3n) is 1.67. The highest BCUT2D eigenvalue weighted by Crippen LogP contribution is 2.18. The van der Waals surface area contributed by atoms with Gasteiger partial charge in [-0.1, -0.05) is 30.3 Å². The molecule has 3 nitrogen and oxygen atoms in total. The zero-order valence-electron chi connectivity index (χ0n) is 6.44. The summed E-state index contributed by atoms with van der Waals surface area (Å²) < 4.78 is 0. The Morgan fingerprint density at radius 3 is 2.33 bits per heavy atom. The van der Waals surface area contributed by atoms with Crippen LogP contribution in [0, 0.1) is 11.3 Å². The van der Waals surface area contributed by atoms with Crippen LogP contribution in [-0.2, 0) is 5.60 Å². The average molecular weight is 163 g/mol. The molecule has 1 atom stereocenters. The lowest BCUT2D eigenvalue weighted by molar-refractivity contribution is 0.0311. The monoisotopic (exact) mass is 163 g/mol. The van der Waals surface area contributed by atoms with Gasteiger partial charge in [0.2, 0.25) is 0 Å². The maximum Gasteiger partial charge on any atom is 0.200 e. The molecule has 0 fully saturated rings. The van der Waals surface area contributed by atoms with Crippen LogP contribution in [0.5, 0.6) is 0 Å². The molecule has 0 heterocycles. The summed E-state index contributed by atoms with van der Waals surface area (Å²) in [5, 5.41) is 26.8. The van der Waals surface area contributed by atoms with E-state index in [4.69, 9.17) is 10.4 Å². The second-order valence-corrected chi connectivity index (χ2v) is 2.50. The van der Waals surface area contributed by atoms with Crippen LogP contribution in [0.4, 0.5) is 0 Å². The number of benzene rings is 1. The molecule has 1 unspecified atom stereocenters. The van der Waals surface area contributed by atoms with E-state index in [0.717, 1.165) is 0 Å². The number of rotatable bonds is 2. The lowest BCUT2D eigenvalue weighted by Crippen LogP contribution is -2.27. The molecule has 12 heavy (non-hydrogen) atoms. The summed E-state index contributed by atoms with van der Waals surface area (Å²) in [6.07, 6.45) is 0. The summed E-state index contributed by atoms with van der Waals surface area (Å²) >= 11 is 0. The summed E-state index contributed by atoms with van der Waals surface area (Å²) in [4.78, 5) is 0. The first-order chi connectivity index (χ1) is 5.73. The van der Waals surface area contributed by atoms with Crippen LogP contribution in [0.1, 0.15) is 5.56 Å². The number of aliphatic hydroxyl groups is 2. The van der Waals surface area contributed by atoms with Gasteiger partial charge in [0.15, 0.2) is 5.60 Å². The van der Waals surface area contributed by atoms with Crippen LogP contribution in [0.2, 0.25) is 0 Å². The third-order valence-corrected chi connectivity index (χ3v) is 1.67. The summed E-state index contributed by atoms with van der Waals surface area (Å²) in [6, 6.07) is 10.0. The Hall–Kier alpha value is -1.37. The van der Waals surface area contributed by atoms with Crippen LogP contribution in [0.15, 0.2) is 30.3 Å². The molecule has 0 aliphatic heterocycles. The number of nitriles is 1. The Balaban J connectivity index is 3.06. The summed E-state index contributed by atoms with van der Waals surface area (Å²) in [5.74, 6) is 0. The minimum absolute atomic E-state index is 0.412. The first-order valence-electron chi connectivity index (χ1n) is 3.53. The molecule has 1 rings (SSSR count). The largest absolute Gasteiger partial charge is 0.392 e. The van der Waals surface area contributed by atoms with Crippen molar-refractivity contribution in [2.45, 2.75) is 5.60 Å². The smallest absolute Gasteiger partial charge is 0.200 e. The summed E-state index contributed by atoms with van der Waals surface area (Å²) in [5.41, 5.74) is -1.35. The fourth-order valence-corrected chi connectivity index (χ4v) is 0.905. The molecule has 2 N–H and O–H groups in total. The molecule has 0 radical (unpaired) electrons. The highest BCUT2D eigenvalue weighted by molar-refractivity contribution is 5.28. The van der Waals surface area contributed by atoms with Gasteiger partial charge in [0.25, 0.3) is 0 Å². The van der Waals surface area contributed by atoms with Crippen molar-refractivity contribution in [2.24, 2.45) is 0 Å². The predicted octanol–water partition coefficient (Wildman–Crippen LogP) is 0.390. The van der Waals surface area contributed by atoms with Gasteiger partial charge in [-0.15, -0.1) is 0 Å². The second kappa shape index (κ2) is 3.35. The molecule has 1 aromatic carbocycles. The minimum Gasteiger partial charge on any atom is -0.392 e. The molecule has 0 saturated heterocycles. The van der Waals surface area contributed by atoms with Gasteiger partial charge in [-0.2, -0.15) is 5.26 Å². The highest BCUT2D eigenvalue weighted by atomic mass is 16.3. The molecule has 0 spiro atoms. The Morgan fingerprint density at radius 2 is 1.92 bits per heavy atom. The van der Waals surface area contributed by atoms with Gasteiger partial charge >= 0.3 is 0 Å². The standard InChI is InChI=1S/C9H9NO2/c10-6-9(12,7-11)8-4-2-1-3-5-8/h1-5,11-12H,7H2. The van der Waals surface area contributed by atoms with Gasteiger partial charge in [0.1, 0.15) is 6.07 Å². The number of aliphatic hydroxyl groups excluding tert-OH is 1. The van der Waals surface area contributed by atoms with E-state index < -0.39 is 12.2 Å². The lowest BCUT2D eigenvalue weighted by Gasteiger charge is -2.16. The summed E-state index contributed by atoms with van der Waals surface area (Å²) in [6.45, 7) is -0.590. The maximum absolute atomic E-state index is 9.49. The molecule has 0 bridgehead atoms.